The molecule has 2 aliphatic rings. The van der Waals surface area contributed by atoms with Crippen LogP contribution in [0.25, 0.3) is 0 Å². The van der Waals surface area contributed by atoms with Gasteiger partial charge in [-0.25, -0.2) is 0 Å². The number of amides is 2. The number of rotatable bonds is 3. The van der Waals surface area contributed by atoms with E-state index in [2.05, 4.69) is 15.9 Å². The van der Waals surface area contributed by atoms with Gasteiger partial charge in [0.05, 0.1) is 17.5 Å². The van der Waals surface area contributed by atoms with E-state index in [4.69, 9.17) is 4.74 Å². The molecule has 132 valence electrons. The van der Waals surface area contributed by atoms with Gasteiger partial charge in [0.15, 0.2) is 0 Å². The monoisotopic (exact) mass is 411 g/mol. The van der Waals surface area contributed by atoms with Crippen LogP contribution in [0.15, 0.2) is 65.2 Å². The third-order valence-electron chi connectivity index (χ3n) is 5.02. The van der Waals surface area contributed by atoms with Crippen molar-refractivity contribution in [3.05, 3.63) is 65.2 Å². The number of anilines is 1. The third kappa shape index (κ3) is 2.97. The van der Waals surface area contributed by atoms with Gasteiger partial charge in [-0.15, -0.1) is 0 Å². The van der Waals surface area contributed by atoms with Crippen molar-refractivity contribution in [2.75, 3.05) is 4.90 Å². The first kappa shape index (κ1) is 17.0. The largest absolute Gasteiger partial charge is 0.457 e. The van der Waals surface area contributed by atoms with Crippen LogP contribution < -0.4 is 9.64 Å². The maximum Gasteiger partial charge on any atom is 0.238 e. The summed E-state index contributed by atoms with van der Waals surface area (Å²) in [5, 5.41) is 0. The number of ether oxygens (including phenoxy) is 1. The van der Waals surface area contributed by atoms with Crippen LogP contribution in [0, 0.1) is 17.8 Å². The second-order valence-corrected chi connectivity index (χ2v) is 7.63. The summed E-state index contributed by atoms with van der Waals surface area (Å²) in [5.74, 6) is 0.793. The van der Waals surface area contributed by atoms with E-state index in [0.29, 0.717) is 17.9 Å². The van der Waals surface area contributed by atoms with Crippen LogP contribution in [0.3, 0.4) is 0 Å². The molecule has 4 rings (SSSR count). The van der Waals surface area contributed by atoms with Crippen molar-refractivity contribution in [2.45, 2.75) is 13.3 Å². The highest BCUT2D eigenvalue weighted by atomic mass is 79.9. The SMILES string of the molecule is CC1C=CCC2C(=O)N(c3ccc(Oc4ccc(Br)cc4)cc3)C(=O)C12. The molecule has 0 N–H and O–H groups in total. The van der Waals surface area contributed by atoms with Crippen molar-refractivity contribution in [3.63, 3.8) is 0 Å². The predicted octanol–water partition coefficient (Wildman–Crippen LogP) is 4.94. The Balaban J connectivity index is 1.54. The first-order chi connectivity index (χ1) is 12.5. The summed E-state index contributed by atoms with van der Waals surface area (Å²) in [7, 11) is 0. The number of allylic oxidation sites excluding steroid dienone is 2. The summed E-state index contributed by atoms with van der Waals surface area (Å²) in [6, 6.07) is 14.6. The molecule has 2 aromatic carbocycles. The molecule has 3 atom stereocenters. The van der Waals surface area contributed by atoms with Crippen LogP contribution in [0.4, 0.5) is 5.69 Å². The lowest BCUT2D eigenvalue weighted by Crippen LogP contribution is -2.31. The minimum atomic E-state index is -0.244. The lowest BCUT2D eigenvalue weighted by molar-refractivity contribution is -0.122. The summed E-state index contributed by atoms with van der Waals surface area (Å²) in [6.45, 7) is 2.00. The zero-order chi connectivity index (χ0) is 18.3. The van der Waals surface area contributed by atoms with Crippen molar-refractivity contribution in [3.8, 4) is 11.5 Å². The van der Waals surface area contributed by atoms with Crippen LogP contribution >= 0.6 is 15.9 Å². The van der Waals surface area contributed by atoms with Crippen molar-refractivity contribution in [2.24, 2.45) is 17.8 Å². The molecule has 3 unspecified atom stereocenters. The van der Waals surface area contributed by atoms with Gasteiger partial charge in [0.1, 0.15) is 11.5 Å². The van der Waals surface area contributed by atoms with Gasteiger partial charge in [0, 0.05) is 4.47 Å². The summed E-state index contributed by atoms with van der Waals surface area (Å²) < 4.78 is 6.78. The van der Waals surface area contributed by atoms with E-state index in [9.17, 15) is 9.59 Å². The molecule has 1 aliphatic heterocycles. The molecule has 26 heavy (non-hydrogen) atoms. The maximum atomic E-state index is 12.8. The van der Waals surface area contributed by atoms with Crippen molar-refractivity contribution in [1.82, 2.24) is 0 Å². The molecule has 0 spiro atoms. The Labute approximate surface area is 160 Å². The van der Waals surface area contributed by atoms with Crippen LogP contribution in [-0.2, 0) is 9.59 Å². The topological polar surface area (TPSA) is 46.6 Å². The first-order valence-electron chi connectivity index (χ1n) is 8.62. The van der Waals surface area contributed by atoms with Gasteiger partial charge >= 0.3 is 0 Å². The standard InChI is InChI=1S/C21H18BrNO3/c1-13-3-2-4-18-19(13)21(25)23(20(18)24)15-7-11-17(12-8-15)26-16-9-5-14(22)6-10-16/h2-3,5-13,18-19H,4H2,1H3. The fourth-order valence-corrected chi connectivity index (χ4v) is 3.97. The highest BCUT2D eigenvalue weighted by molar-refractivity contribution is 9.10. The zero-order valence-corrected chi connectivity index (χ0v) is 15.8. The van der Waals surface area contributed by atoms with Crippen LogP contribution in [0.5, 0.6) is 11.5 Å². The van der Waals surface area contributed by atoms with E-state index in [1.54, 1.807) is 24.3 Å². The molecule has 5 heteroatoms. The molecule has 1 aliphatic carbocycles. The highest BCUT2D eigenvalue weighted by Gasteiger charge is 2.50. The molecule has 0 aromatic heterocycles. The molecule has 0 bridgehead atoms. The Bertz CT molecular complexity index is 873. The van der Waals surface area contributed by atoms with Crippen molar-refractivity contribution >= 4 is 33.4 Å². The minimum Gasteiger partial charge on any atom is -0.457 e. The number of hydrogen-bond acceptors (Lipinski definition) is 3. The fraction of sp³-hybridized carbons (Fsp3) is 0.238. The number of fused-ring (bicyclic) bond motifs is 1. The molecule has 1 heterocycles. The molecule has 1 fully saturated rings. The van der Waals surface area contributed by atoms with Gasteiger partial charge in [-0.1, -0.05) is 35.0 Å². The van der Waals surface area contributed by atoms with E-state index in [1.807, 2.05) is 43.3 Å². The lowest BCUT2D eigenvalue weighted by Gasteiger charge is -2.22. The van der Waals surface area contributed by atoms with E-state index in [-0.39, 0.29) is 29.6 Å². The Morgan fingerprint density at radius 2 is 1.58 bits per heavy atom. The number of halogens is 1. The molecular formula is C21H18BrNO3. The van der Waals surface area contributed by atoms with Gasteiger partial charge in [0.2, 0.25) is 11.8 Å². The average molecular weight is 412 g/mol. The van der Waals surface area contributed by atoms with Crippen molar-refractivity contribution in [1.29, 1.82) is 0 Å². The zero-order valence-electron chi connectivity index (χ0n) is 14.3. The normalized spacial score (nSPS) is 24.7. The molecule has 1 saturated heterocycles. The smallest absolute Gasteiger partial charge is 0.238 e. The quantitative estimate of drug-likeness (QED) is 0.530. The molecule has 2 aromatic rings. The Morgan fingerprint density at radius 3 is 2.19 bits per heavy atom. The van der Waals surface area contributed by atoms with Crippen LogP contribution in [-0.4, -0.2) is 11.8 Å². The van der Waals surface area contributed by atoms with Crippen molar-refractivity contribution < 1.29 is 14.3 Å². The minimum absolute atomic E-state index is 0.0928. The lowest BCUT2D eigenvalue weighted by atomic mass is 9.78. The Kier molecular flexibility index (Phi) is 4.41. The summed E-state index contributed by atoms with van der Waals surface area (Å²) in [5.41, 5.74) is 0.602. The number of carbonyl (C=O) groups is 2. The van der Waals surface area contributed by atoms with E-state index < -0.39 is 0 Å². The van der Waals surface area contributed by atoms with Gasteiger partial charge in [0.25, 0.3) is 0 Å². The molecular weight excluding hydrogens is 394 g/mol. The molecule has 0 radical (unpaired) electrons. The first-order valence-corrected chi connectivity index (χ1v) is 9.42. The van der Waals surface area contributed by atoms with Gasteiger partial charge in [-0.05, 0) is 60.9 Å². The molecule has 4 nitrogen and oxygen atoms in total. The number of benzene rings is 2. The molecule has 0 saturated carbocycles. The van der Waals surface area contributed by atoms with Crippen LogP contribution in [0.1, 0.15) is 13.3 Å². The van der Waals surface area contributed by atoms with E-state index >= 15 is 0 Å². The highest BCUT2D eigenvalue weighted by Crippen LogP contribution is 2.40. The van der Waals surface area contributed by atoms with Gasteiger partial charge in [-0.2, -0.15) is 0 Å². The molecule has 2 amide bonds. The predicted molar refractivity (Wildman–Crippen MR) is 103 cm³/mol. The van der Waals surface area contributed by atoms with Gasteiger partial charge < -0.3 is 4.74 Å². The number of hydrogen-bond donors (Lipinski definition) is 0. The summed E-state index contributed by atoms with van der Waals surface area (Å²) >= 11 is 3.39. The maximum absolute atomic E-state index is 12.8. The second kappa shape index (κ2) is 6.72. The average Bonchev–Trinajstić information content (AvgIpc) is 2.90. The van der Waals surface area contributed by atoms with E-state index in [1.165, 1.54) is 4.90 Å². The Hall–Kier alpha value is -2.40. The number of imide groups is 1. The number of carbonyl (C=O) groups excluding carboxylic acids is 2. The Morgan fingerprint density at radius 1 is 0.962 bits per heavy atom. The number of nitrogens with zero attached hydrogens (tertiary/aromatic N) is 1. The third-order valence-corrected chi connectivity index (χ3v) is 5.55. The fourth-order valence-electron chi connectivity index (χ4n) is 3.70. The summed E-state index contributed by atoms with van der Waals surface area (Å²) in [6.07, 6.45) is 4.68. The van der Waals surface area contributed by atoms with Crippen LogP contribution in [0.2, 0.25) is 0 Å². The second-order valence-electron chi connectivity index (χ2n) is 6.72. The van der Waals surface area contributed by atoms with E-state index in [0.717, 1.165) is 10.2 Å². The van der Waals surface area contributed by atoms with Gasteiger partial charge in [-0.3, -0.25) is 14.5 Å². The summed E-state index contributed by atoms with van der Waals surface area (Å²) in [4.78, 5) is 26.9.